The van der Waals surface area contributed by atoms with Crippen molar-refractivity contribution in [2.45, 2.75) is 12.3 Å². The van der Waals surface area contributed by atoms with E-state index in [1.165, 1.54) is 0 Å². The third kappa shape index (κ3) is 2.39. The van der Waals surface area contributed by atoms with Crippen LogP contribution < -0.4 is 11.1 Å². The van der Waals surface area contributed by atoms with E-state index in [0.717, 1.165) is 57.4 Å². The van der Waals surface area contributed by atoms with Crippen LogP contribution in [0.25, 0.3) is 27.7 Å². The summed E-state index contributed by atoms with van der Waals surface area (Å²) in [4.78, 5) is 9.51. The second-order valence-electron chi connectivity index (χ2n) is 6.60. The van der Waals surface area contributed by atoms with Gasteiger partial charge < -0.3 is 11.1 Å². The molecule has 1 aliphatic rings. The zero-order valence-electron chi connectivity index (χ0n) is 14.0. The van der Waals surface area contributed by atoms with E-state index in [4.69, 9.17) is 10.7 Å². The summed E-state index contributed by atoms with van der Waals surface area (Å²) in [5, 5.41) is 8.94. The number of hydrogen-bond donors (Lipinski definition) is 2. The zero-order valence-corrected chi connectivity index (χ0v) is 15.6. The fourth-order valence-corrected chi connectivity index (χ4v) is 4.17. The highest BCUT2D eigenvalue weighted by Crippen LogP contribution is 2.35. The Kier molecular flexibility index (Phi) is 3.65. The monoisotopic (exact) mass is 408 g/mol. The maximum absolute atomic E-state index is 6.35. The van der Waals surface area contributed by atoms with Gasteiger partial charge in [0.25, 0.3) is 0 Å². The smallest absolute Gasteiger partial charge is 0.165 e. The first kappa shape index (κ1) is 15.7. The molecule has 0 aliphatic carbocycles. The Morgan fingerprint density at radius 3 is 2.96 bits per heavy atom. The minimum Gasteiger partial charge on any atom is -0.383 e. The molecule has 1 atom stereocenters. The standard InChI is InChI=1S/C19H17BrN6/c20-16-17(12-5-6-22-8-12)25-19-14(10-24-26(19)18(16)21)13-7-11-3-1-2-4-15(11)23-9-13/h1-4,7,9-10,12,22H,5-6,8,21H2. The van der Waals surface area contributed by atoms with Crippen LogP contribution in [0.3, 0.4) is 0 Å². The van der Waals surface area contributed by atoms with Crippen LogP contribution in [-0.2, 0) is 0 Å². The Morgan fingerprint density at radius 1 is 1.23 bits per heavy atom. The summed E-state index contributed by atoms with van der Waals surface area (Å²) in [6.07, 6.45) is 4.74. The third-order valence-corrected chi connectivity index (χ3v) is 5.81. The van der Waals surface area contributed by atoms with Crippen molar-refractivity contribution in [2.24, 2.45) is 0 Å². The first-order valence-electron chi connectivity index (χ1n) is 8.61. The van der Waals surface area contributed by atoms with Gasteiger partial charge in [-0.15, -0.1) is 0 Å². The number of anilines is 1. The number of rotatable bonds is 2. The molecule has 1 aromatic carbocycles. The average Bonchev–Trinajstić information content (AvgIpc) is 3.34. The molecule has 26 heavy (non-hydrogen) atoms. The summed E-state index contributed by atoms with van der Waals surface area (Å²) >= 11 is 3.62. The van der Waals surface area contributed by atoms with Crippen molar-refractivity contribution >= 4 is 38.3 Å². The van der Waals surface area contributed by atoms with Crippen molar-refractivity contribution in [3.05, 3.63) is 52.9 Å². The van der Waals surface area contributed by atoms with Gasteiger partial charge in [0.05, 0.1) is 21.9 Å². The lowest BCUT2D eigenvalue weighted by atomic mass is 10.0. The molecule has 4 aromatic rings. The largest absolute Gasteiger partial charge is 0.383 e. The van der Waals surface area contributed by atoms with Gasteiger partial charge in [0.2, 0.25) is 0 Å². The van der Waals surface area contributed by atoms with E-state index in [1.54, 1.807) is 4.52 Å². The van der Waals surface area contributed by atoms with Crippen LogP contribution in [0.5, 0.6) is 0 Å². The summed E-state index contributed by atoms with van der Waals surface area (Å²) in [6, 6.07) is 10.2. The van der Waals surface area contributed by atoms with E-state index in [2.05, 4.69) is 43.5 Å². The molecule has 3 N–H and O–H groups in total. The number of pyridine rings is 1. The normalized spacial score (nSPS) is 17.3. The number of nitrogens with one attached hydrogen (secondary N) is 1. The quantitative estimate of drug-likeness (QED) is 0.531. The van der Waals surface area contributed by atoms with Crippen molar-refractivity contribution in [2.75, 3.05) is 18.8 Å². The van der Waals surface area contributed by atoms with Gasteiger partial charge in [0, 0.05) is 35.2 Å². The molecule has 1 unspecified atom stereocenters. The van der Waals surface area contributed by atoms with Crippen LogP contribution in [0.1, 0.15) is 18.0 Å². The van der Waals surface area contributed by atoms with E-state index >= 15 is 0 Å². The van der Waals surface area contributed by atoms with Gasteiger partial charge in [-0.1, -0.05) is 18.2 Å². The molecule has 3 aromatic heterocycles. The van der Waals surface area contributed by atoms with Gasteiger partial charge in [0.15, 0.2) is 5.65 Å². The Bertz CT molecular complexity index is 1130. The van der Waals surface area contributed by atoms with Crippen LogP contribution in [-0.4, -0.2) is 32.7 Å². The maximum Gasteiger partial charge on any atom is 0.165 e. The van der Waals surface area contributed by atoms with Crippen LogP contribution in [0.2, 0.25) is 0 Å². The Morgan fingerprint density at radius 2 is 2.12 bits per heavy atom. The predicted molar refractivity (Wildman–Crippen MR) is 106 cm³/mol. The van der Waals surface area contributed by atoms with E-state index in [9.17, 15) is 0 Å². The Hall–Kier alpha value is -2.51. The molecule has 1 saturated heterocycles. The number of hydrogen-bond acceptors (Lipinski definition) is 5. The molecule has 6 nitrogen and oxygen atoms in total. The highest BCUT2D eigenvalue weighted by atomic mass is 79.9. The molecule has 0 amide bonds. The lowest BCUT2D eigenvalue weighted by Gasteiger charge is -2.13. The zero-order chi connectivity index (χ0) is 17.7. The minimum atomic E-state index is 0.356. The van der Waals surface area contributed by atoms with Crippen LogP contribution in [0.4, 0.5) is 5.82 Å². The molecule has 0 saturated carbocycles. The Labute approximate surface area is 158 Å². The number of nitrogen functional groups attached to an aromatic ring is 1. The van der Waals surface area contributed by atoms with Crippen LogP contribution >= 0.6 is 15.9 Å². The summed E-state index contributed by atoms with van der Waals surface area (Å²) in [6.45, 7) is 1.92. The van der Waals surface area contributed by atoms with E-state index < -0.39 is 0 Å². The van der Waals surface area contributed by atoms with Crippen molar-refractivity contribution < 1.29 is 0 Å². The van der Waals surface area contributed by atoms with E-state index in [0.29, 0.717) is 11.7 Å². The molecular weight excluding hydrogens is 392 g/mol. The van der Waals surface area contributed by atoms with Crippen molar-refractivity contribution in [1.82, 2.24) is 24.9 Å². The lowest BCUT2D eigenvalue weighted by molar-refractivity contribution is 0.727. The SMILES string of the molecule is Nc1c(Br)c(C2CCNC2)nc2c(-c3cnc4ccccc4c3)cnn12. The molecule has 0 radical (unpaired) electrons. The van der Waals surface area contributed by atoms with Crippen molar-refractivity contribution in [1.29, 1.82) is 0 Å². The number of nitrogens with zero attached hydrogens (tertiary/aromatic N) is 4. The minimum absolute atomic E-state index is 0.356. The number of halogens is 1. The molecule has 1 aliphatic heterocycles. The molecule has 0 bridgehead atoms. The van der Waals surface area contributed by atoms with Gasteiger partial charge in [-0.2, -0.15) is 9.61 Å². The first-order valence-corrected chi connectivity index (χ1v) is 9.40. The molecule has 1 fully saturated rings. The van der Waals surface area contributed by atoms with Crippen molar-refractivity contribution in [3.8, 4) is 11.1 Å². The number of fused-ring (bicyclic) bond motifs is 2. The second-order valence-corrected chi connectivity index (χ2v) is 7.39. The van der Waals surface area contributed by atoms with Crippen molar-refractivity contribution in [3.63, 3.8) is 0 Å². The maximum atomic E-state index is 6.35. The topological polar surface area (TPSA) is 81.1 Å². The number of aromatic nitrogens is 4. The highest BCUT2D eigenvalue weighted by molar-refractivity contribution is 9.10. The second kappa shape index (κ2) is 6.03. The molecule has 0 spiro atoms. The van der Waals surface area contributed by atoms with Gasteiger partial charge >= 0.3 is 0 Å². The average molecular weight is 409 g/mol. The summed E-state index contributed by atoms with van der Waals surface area (Å²) in [7, 11) is 0. The molecule has 130 valence electrons. The van der Waals surface area contributed by atoms with Crippen LogP contribution in [0, 0.1) is 0 Å². The number of nitrogens with two attached hydrogens (primary N) is 1. The van der Waals surface area contributed by atoms with E-state index in [-0.39, 0.29) is 0 Å². The number of para-hydroxylation sites is 1. The molecular formula is C19H17BrN6. The van der Waals surface area contributed by atoms with Gasteiger partial charge in [-0.05, 0) is 41.0 Å². The van der Waals surface area contributed by atoms with Gasteiger partial charge in [-0.25, -0.2) is 4.98 Å². The summed E-state index contributed by atoms with van der Waals surface area (Å²) in [5.41, 5.74) is 11.0. The Balaban J connectivity index is 1.72. The fraction of sp³-hybridized carbons (Fsp3) is 0.211. The first-order chi connectivity index (χ1) is 12.7. The van der Waals surface area contributed by atoms with Gasteiger partial charge in [0.1, 0.15) is 5.82 Å². The number of benzene rings is 1. The predicted octanol–water partition coefficient (Wildman–Crippen LogP) is 3.37. The fourth-order valence-electron chi connectivity index (χ4n) is 3.59. The van der Waals surface area contributed by atoms with E-state index in [1.807, 2.05) is 30.6 Å². The molecule has 5 rings (SSSR count). The molecule has 4 heterocycles. The van der Waals surface area contributed by atoms with Crippen LogP contribution in [0.15, 0.2) is 47.2 Å². The lowest BCUT2D eigenvalue weighted by Crippen LogP contribution is -2.12. The summed E-state index contributed by atoms with van der Waals surface area (Å²) in [5.74, 6) is 0.936. The summed E-state index contributed by atoms with van der Waals surface area (Å²) < 4.78 is 2.53. The highest BCUT2D eigenvalue weighted by Gasteiger charge is 2.24. The van der Waals surface area contributed by atoms with Gasteiger partial charge in [-0.3, -0.25) is 4.98 Å². The molecule has 7 heteroatoms. The third-order valence-electron chi connectivity index (χ3n) is 5.00.